The number of carbonyl (C=O) groups is 2. The molecule has 2 rings (SSSR count). The Kier molecular flexibility index (Phi) is 6.93. The molecule has 0 unspecified atom stereocenters. The number of halogens is 2. The van der Waals surface area contributed by atoms with Crippen LogP contribution in [0.2, 0.25) is 10.3 Å². The van der Waals surface area contributed by atoms with Crippen LogP contribution >= 0.6 is 23.2 Å². The van der Waals surface area contributed by atoms with Crippen LogP contribution in [0.25, 0.3) is 0 Å². The maximum Gasteiger partial charge on any atom is 0.339 e. The second-order valence-corrected chi connectivity index (χ2v) is 5.11. The zero-order valence-corrected chi connectivity index (χ0v) is 14.1. The van der Waals surface area contributed by atoms with Gasteiger partial charge in [0.2, 0.25) is 0 Å². The SMILES string of the molecule is COC(=O)c1ccc(Cl)nc1C.Cc1nc(Cl)ccc1C(=O)O. The van der Waals surface area contributed by atoms with Gasteiger partial charge in [-0.25, -0.2) is 19.6 Å². The quantitative estimate of drug-likeness (QED) is 0.653. The number of methoxy groups -OCH3 is 1. The Morgan fingerprint density at radius 1 is 0.957 bits per heavy atom. The van der Waals surface area contributed by atoms with E-state index < -0.39 is 11.9 Å². The van der Waals surface area contributed by atoms with Gasteiger partial charge in [-0.05, 0) is 38.1 Å². The third kappa shape index (κ3) is 5.50. The van der Waals surface area contributed by atoms with Crippen molar-refractivity contribution in [2.45, 2.75) is 13.8 Å². The highest BCUT2D eigenvalue weighted by molar-refractivity contribution is 6.29. The number of carbonyl (C=O) groups excluding carboxylic acids is 1. The zero-order chi connectivity index (χ0) is 17.6. The van der Waals surface area contributed by atoms with Gasteiger partial charge in [-0.2, -0.15) is 0 Å². The maximum atomic E-state index is 11.0. The van der Waals surface area contributed by atoms with Gasteiger partial charge in [0.05, 0.1) is 29.6 Å². The molecule has 0 amide bonds. The van der Waals surface area contributed by atoms with Crippen LogP contribution in [-0.4, -0.2) is 34.1 Å². The summed E-state index contributed by atoms with van der Waals surface area (Å²) in [5, 5.41) is 9.26. The first-order valence-corrected chi connectivity index (χ1v) is 7.09. The predicted octanol–water partition coefficient (Wildman–Crippen LogP) is 3.57. The van der Waals surface area contributed by atoms with Gasteiger partial charge in [0.1, 0.15) is 10.3 Å². The average molecular weight is 357 g/mol. The highest BCUT2D eigenvalue weighted by Gasteiger charge is 2.09. The highest BCUT2D eigenvalue weighted by atomic mass is 35.5. The number of carboxylic acid groups (broad SMARTS) is 1. The summed E-state index contributed by atoms with van der Waals surface area (Å²) in [4.78, 5) is 29.2. The first-order chi connectivity index (χ1) is 10.8. The molecule has 0 radical (unpaired) electrons. The summed E-state index contributed by atoms with van der Waals surface area (Å²) in [6, 6.07) is 6.04. The first kappa shape index (κ1) is 18.9. The third-order valence-corrected chi connectivity index (χ3v) is 3.16. The Hall–Kier alpha value is -2.18. The largest absolute Gasteiger partial charge is 0.478 e. The molecule has 0 fully saturated rings. The molecule has 2 heterocycles. The Labute approximate surface area is 143 Å². The van der Waals surface area contributed by atoms with Gasteiger partial charge in [0, 0.05) is 0 Å². The fourth-order valence-electron chi connectivity index (χ4n) is 1.61. The van der Waals surface area contributed by atoms with E-state index in [4.69, 9.17) is 28.3 Å². The van der Waals surface area contributed by atoms with E-state index in [1.165, 1.54) is 19.2 Å². The van der Waals surface area contributed by atoms with Crippen LogP contribution in [0, 0.1) is 13.8 Å². The van der Waals surface area contributed by atoms with E-state index in [0.29, 0.717) is 27.3 Å². The topological polar surface area (TPSA) is 89.4 Å². The molecule has 0 aromatic carbocycles. The van der Waals surface area contributed by atoms with Gasteiger partial charge in [-0.15, -0.1) is 0 Å². The minimum Gasteiger partial charge on any atom is -0.478 e. The molecule has 0 aliphatic heterocycles. The van der Waals surface area contributed by atoms with Crippen LogP contribution in [0.1, 0.15) is 32.1 Å². The summed E-state index contributed by atoms with van der Waals surface area (Å²) in [6.45, 7) is 3.31. The van der Waals surface area contributed by atoms with Crippen LogP contribution in [0.15, 0.2) is 24.3 Å². The first-order valence-electron chi connectivity index (χ1n) is 6.34. The number of aromatic nitrogens is 2. The van der Waals surface area contributed by atoms with E-state index in [0.717, 1.165) is 0 Å². The molecule has 0 saturated carbocycles. The van der Waals surface area contributed by atoms with Crippen LogP contribution in [0.4, 0.5) is 0 Å². The molecule has 8 heteroatoms. The fourth-order valence-corrected chi connectivity index (χ4v) is 1.99. The number of hydrogen-bond acceptors (Lipinski definition) is 5. The Bertz CT molecular complexity index is 735. The van der Waals surface area contributed by atoms with Gasteiger partial charge >= 0.3 is 11.9 Å². The van der Waals surface area contributed by atoms with E-state index in [2.05, 4.69) is 14.7 Å². The molecule has 122 valence electrons. The molecule has 2 aromatic rings. The summed E-state index contributed by atoms with van der Waals surface area (Å²) in [5.41, 5.74) is 1.65. The zero-order valence-electron chi connectivity index (χ0n) is 12.6. The van der Waals surface area contributed by atoms with Gasteiger partial charge in [-0.1, -0.05) is 23.2 Å². The molecule has 0 atom stereocenters. The van der Waals surface area contributed by atoms with Crippen LogP contribution < -0.4 is 0 Å². The summed E-state index contributed by atoms with van der Waals surface area (Å²) < 4.78 is 4.53. The number of carboxylic acids is 1. The maximum absolute atomic E-state index is 11.0. The van der Waals surface area contributed by atoms with Crippen molar-refractivity contribution in [1.29, 1.82) is 0 Å². The van der Waals surface area contributed by atoms with E-state index >= 15 is 0 Å². The van der Waals surface area contributed by atoms with Crippen molar-refractivity contribution in [2.24, 2.45) is 0 Å². The van der Waals surface area contributed by atoms with Crippen LogP contribution in [0.3, 0.4) is 0 Å². The van der Waals surface area contributed by atoms with Crippen molar-refractivity contribution < 1.29 is 19.4 Å². The van der Waals surface area contributed by atoms with E-state index in [-0.39, 0.29) is 5.56 Å². The molecule has 0 aliphatic rings. The Balaban J connectivity index is 0.000000231. The second-order valence-electron chi connectivity index (χ2n) is 4.33. The third-order valence-electron chi connectivity index (χ3n) is 2.74. The predicted molar refractivity (Wildman–Crippen MR) is 86.3 cm³/mol. The van der Waals surface area contributed by atoms with E-state index in [1.54, 1.807) is 26.0 Å². The van der Waals surface area contributed by atoms with Crippen molar-refractivity contribution in [3.8, 4) is 0 Å². The lowest BCUT2D eigenvalue weighted by atomic mass is 10.2. The number of ether oxygens (including phenoxy) is 1. The lowest BCUT2D eigenvalue weighted by Crippen LogP contribution is -2.04. The van der Waals surface area contributed by atoms with Gasteiger partial charge in [-0.3, -0.25) is 0 Å². The lowest BCUT2D eigenvalue weighted by Gasteiger charge is -2.01. The van der Waals surface area contributed by atoms with Gasteiger partial charge < -0.3 is 9.84 Å². The van der Waals surface area contributed by atoms with Gasteiger partial charge in [0.25, 0.3) is 0 Å². The standard InChI is InChI=1S/C8H8ClNO2.C7H6ClNO2/c1-5-6(8(11)12-2)3-4-7(9)10-5;1-4-5(7(10)11)2-3-6(8)9-4/h3-4H,1-2H3;2-3H,1H3,(H,10,11). The molecular formula is C15H14Cl2N2O4. The van der Waals surface area contributed by atoms with Crippen LogP contribution in [0.5, 0.6) is 0 Å². The normalized spacial score (nSPS) is 9.61. The average Bonchev–Trinajstić information content (AvgIpc) is 2.46. The van der Waals surface area contributed by atoms with Crippen molar-refractivity contribution in [2.75, 3.05) is 7.11 Å². The molecule has 0 saturated heterocycles. The minimum atomic E-state index is -0.980. The minimum absolute atomic E-state index is 0.189. The number of esters is 1. The molecular weight excluding hydrogens is 343 g/mol. The molecule has 0 spiro atoms. The van der Waals surface area contributed by atoms with Gasteiger partial charge in [0.15, 0.2) is 0 Å². The molecule has 6 nitrogen and oxygen atoms in total. The van der Waals surface area contributed by atoms with Crippen molar-refractivity contribution >= 4 is 35.1 Å². The monoisotopic (exact) mass is 356 g/mol. The van der Waals surface area contributed by atoms with E-state index in [9.17, 15) is 9.59 Å². The lowest BCUT2D eigenvalue weighted by molar-refractivity contribution is 0.0598. The molecule has 2 aromatic heterocycles. The molecule has 23 heavy (non-hydrogen) atoms. The number of nitrogens with zero attached hydrogens (tertiary/aromatic N) is 2. The Morgan fingerprint density at radius 2 is 1.39 bits per heavy atom. The van der Waals surface area contributed by atoms with Crippen molar-refractivity contribution in [3.63, 3.8) is 0 Å². The Morgan fingerprint density at radius 3 is 1.74 bits per heavy atom. The number of aromatic carboxylic acids is 1. The number of aryl methyl sites for hydroxylation is 2. The summed E-state index contributed by atoms with van der Waals surface area (Å²) >= 11 is 11.1. The number of hydrogen-bond donors (Lipinski definition) is 1. The number of rotatable bonds is 2. The fraction of sp³-hybridized carbons (Fsp3) is 0.200. The number of pyridine rings is 2. The summed E-state index contributed by atoms with van der Waals surface area (Å²) in [5.74, 6) is -1.37. The smallest absolute Gasteiger partial charge is 0.339 e. The highest BCUT2D eigenvalue weighted by Crippen LogP contribution is 2.11. The molecule has 0 aliphatic carbocycles. The van der Waals surface area contributed by atoms with E-state index in [1.807, 2.05) is 0 Å². The molecule has 0 bridgehead atoms. The second kappa shape index (κ2) is 8.45. The molecule has 1 N–H and O–H groups in total. The summed E-state index contributed by atoms with van der Waals surface area (Å²) in [7, 11) is 1.33. The van der Waals surface area contributed by atoms with Crippen molar-refractivity contribution in [3.05, 3.63) is 57.1 Å². The van der Waals surface area contributed by atoms with Crippen LogP contribution in [-0.2, 0) is 4.74 Å². The van der Waals surface area contributed by atoms with Crippen molar-refractivity contribution in [1.82, 2.24) is 9.97 Å². The summed E-state index contributed by atoms with van der Waals surface area (Å²) in [6.07, 6.45) is 0.